The number of non-ortho nitro benzene ring substituents is 1. The van der Waals surface area contributed by atoms with Crippen molar-refractivity contribution in [3.8, 4) is 0 Å². The molecule has 1 aliphatic carbocycles. The lowest BCUT2D eigenvalue weighted by Gasteiger charge is -2.36. The lowest BCUT2D eigenvalue weighted by atomic mass is 9.75. The third-order valence-corrected chi connectivity index (χ3v) is 5.02. The highest BCUT2D eigenvalue weighted by Crippen LogP contribution is 2.44. The Hall–Kier alpha value is -2.44. The van der Waals surface area contributed by atoms with Gasteiger partial charge in [-0.25, -0.2) is 0 Å². The highest BCUT2D eigenvalue weighted by molar-refractivity contribution is 5.97. The van der Waals surface area contributed by atoms with Gasteiger partial charge < -0.3 is 10.1 Å². The van der Waals surface area contributed by atoms with E-state index in [9.17, 15) is 19.7 Å². The predicted octanol–water partition coefficient (Wildman–Crippen LogP) is 3.11. The molecule has 1 saturated heterocycles. The Morgan fingerprint density at radius 1 is 1.33 bits per heavy atom. The number of nitrogens with one attached hydrogen (secondary N) is 1. The van der Waals surface area contributed by atoms with Crippen LogP contribution in [0.4, 0.5) is 11.4 Å². The third-order valence-electron chi connectivity index (χ3n) is 5.02. The molecule has 1 aromatic rings. The second-order valence-corrected chi connectivity index (χ2v) is 6.60. The summed E-state index contributed by atoms with van der Waals surface area (Å²) in [5.74, 6) is -1.07. The van der Waals surface area contributed by atoms with Crippen LogP contribution >= 0.6 is 0 Å². The van der Waals surface area contributed by atoms with E-state index in [0.717, 1.165) is 32.1 Å². The van der Waals surface area contributed by atoms with Crippen molar-refractivity contribution >= 4 is 23.3 Å². The van der Waals surface area contributed by atoms with Crippen LogP contribution in [0.15, 0.2) is 18.2 Å². The first-order valence-electron chi connectivity index (χ1n) is 8.19. The summed E-state index contributed by atoms with van der Waals surface area (Å²) >= 11 is 0. The summed E-state index contributed by atoms with van der Waals surface area (Å²) in [6.45, 7) is 1.70. The molecule has 2 fully saturated rings. The smallest absolute Gasteiger partial charge is 0.307 e. The van der Waals surface area contributed by atoms with Gasteiger partial charge in [0.15, 0.2) is 0 Å². The van der Waals surface area contributed by atoms with Gasteiger partial charge in [0, 0.05) is 17.8 Å². The summed E-state index contributed by atoms with van der Waals surface area (Å²) in [6, 6.07) is 4.30. The summed E-state index contributed by atoms with van der Waals surface area (Å²) in [6.07, 6.45) is 4.53. The van der Waals surface area contributed by atoms with Gasteiger partial charge >= 0.3 is 5.97 Å². The van der Waals surface area contributed by atoms with Crippen LogP contribution in [0.1, 0.15) is 44.1 Å². The largest absolute Gasteiger partial charge is 0.458 e. The quantitative estimate of drug-likeness (QED) is 0.521. The number of esters is 1. The summed E-state index contributed by atoms with van der Waals surface area (Å²) < 4.78 is 5.55. The number of ether oxygens (including phenoxy) is 1. The number of nitrogens with zero attached hydrogens (tertiary/aromatic N) is 1. The van der Waals surface area contributed by atoms with E-state index >= 15 is 0 Å². The molecular formula is C17H20N2O5. The Kier molecular flexibility index (Phi) is 4.26. The van der Waals surface area contributed by atoms with Crippen LogP contribution in [0.2, 0.25) is 0 Å². The molecule has 24 heavy (non-hydrogen) atoms. The Morgan fingerprint density at radius 2 is 2.04 bits per heavy atom. The summed E-state index contributed by atoms with van der Waals surface area (Å²) in [5, 5.41) is 13.6. The van der Waals surface area contributed by atoms with Gasteiger partial charge in [-0.3, -0.25) is 19.7 Å². The number of hydrogen-bond acceptors (Lipinski definition) is 5. The fourth-order valence-electron chi connectivity index (χ4n) is 3.75. The van der Waals surface area contributed by atoms with Crippen molar-refractivity contribution in [2.24, 2.45) is 5.92 Å². The zero-order valence-electron chi connectivity index (χ0n) is 13.5. The van der Waals surface area contributed by atoms with E-state index in [0.29, 0.717) is 11.3 Å². The number of carbonyl (C=O) groups is 2. The van der Waals surface area contributed by atoms with Gasteiger partial charge in [-0.1, -0.05) is 6.42 Å². The maximum absolute atomic E-state index is 12.7. The molecule has 0 bridgehead atoms. The first kappa shape index (κ1) is 16.4. The summed E-state index contributed by atoms with van der Waals surface area (Å²) in [7, 11) is 0. The molecule has 1 aromatic carbocycles. The van der Waals surface area contributed by atoms with Gasteiger partial charge in [0.2, 0.25) is 5.91 Å². The van der Waals surface area contributed by atoms with E-state index in [1.807, 2.05) is 0 Å². The second-order valence-electron chi connectivity index (χ2n) is 6.60. The minimum atomic E-state index is -0.673. The molecule has 2 aliphatic rings. The Balaban J connectivity index is 1.79. The number of benzene rings is 1. The number of rotatable bonds is 3. The number of nitro benzene ring substituents is 1. The first-order valence-corrected chi connectivity index (χ1v) is 8.19. The minimum absolute atomic E-state index is 0.0198. The van der Waals surface area contributed by atoms with Crippen LogP contribution in [0.3, 0.4) is 0 Å². The van der Waals surface area contributed by atoms with Crippen molar-refractivity contribution in [3.63, 3.8) is 0 Å². The van der Waals surface area contributed by atoms with E-state index in [1.165, 1.54) is 18.2 Å². The molecule has 0 radical (unpaired) electrons. The molecule has 7 heteroatoms. The van der Waals surface area contributed by atoms with Gasteiger partial charge in [-0.05, 0) is 44.2 Å². The topological polar surface area (TPSA) is 98.5 Å². The van der Waals surface area contributed by atoms with Crippen molar-refractivity contribution in [3.05, 3.63) is 33.9 Å². The van der Waals surface area contributed by atoms with E-state index in [-0.39, 0.29) is 24.0 Å². The molecule has 0 unspecified atom stereocenters. The van der Waals surface area contributed by atoms with Crippen LogP contribution in [-0.2, 0) is 14.3 Å². The predicted molar refractivity (Wildman–Crippen MR) is 86.5 cm³/mol. The molecular weight excluding hydrogens is 312 g/mol. The minimum Gasteiger partial charge on any atom is -0.458 e. The Labute approximate surface area is 139 Å². The first-order chi connectivity index (χ1) is 11.4. The Morgan fingerprint density at radius 3 is 2.67 bits per heavy atom. The van der Waals surface area contributed by atoms with Crippen LogP contribution < -0.4 is 5.32 Å². The molecule has 1 saturated carbocycles. The molecule has 1 amide bonds. The van der Waals surface area contributed by atoms with E-state index < -0.39 is 16.4 Å². The van der Waals surface area contributed by atoms with Crippen LogP contribution in [-0.4, -0.2) is 22.4 Å². The van der Waals surface area contributed by atoms with Crippen LogP contribution in [0, 0.1) is 23.0 Å². The summed E-state index contributed by atoms with van der Waals surface area (Å²) in [4.78, 5) is 34.8. The van der Waals surface area contributed by atoms with Crippen molar-refractivity contribution in [2.45, 2.75) is 51.0 Å². The van der Waals surface area contributed by atoms with Gasteiger partial charge in [0.1, 0.15) is 5.60 Å². The SMILES string of the molecule is Cc1cc([N+](=O)[O-])ccc1NC(=O)[C@@H]1CC(=O)OC12CCCCC2. The maximum atomic E-state index is 12.7. The second kappa shape index (κ2) is 6.22. The van der Waals surface area contributed by atoms with Gasteiger partial charge in [0.05, 0.1) is 17.3 Å². The zero-order valence-corrected chi connectivity index (χ0v) is 13.5. The van der Waals surface area contributed by atoms with Crippen molar-refractivity contribution in [1.29, 1.82) is 0 Å². The zero-order chi connectivity index (χ0) is 17.3. The normalized spacial score (nSPS) is 22.2. The van der Waals surface area contributed by atoms with Gasteiger partial charge in [0.25, 0.3) is 5.69 Å². The number of hydrogen-bond donors (Lipinski definition) is 1. The van der Waals surface area contributed by atoms with Crippen molar-refractivity contribution in [1.82, 2.24) is 0 Å². The fraction of sp³-hybridized carbons (Fsp3) is 0.529. The molecule has 3 rings (SSSR count). The Bertz CT molecular complexity index is 694. The van der Waals surface area contributed by atoms with Gasteiger partial charge in [-0.2, -0.15) is 0 Å². The average Bonchev–Trinajstić information content (AvgIpc) is 2.85. The van der Waals surface area contributed by atoms with Crippen LogP contribution in [0.5, 0.6) is 0 Å². The molecule has 1 heterocycles. The lowest BCUT2D eigenvalue weighted by Crippen LogP contribution is -2.43. The molecule has 1 spiro atoms. The fourth-order valence-corrected chi connectivity index (χ4v) is 3.75. The lowest BCUT2D eigenvalue weighted by molar-refractivity contribution is -0.384. The standard InChI is InChI=1S/C17H20N2O5/c1-11-9-12(19(22)23)5-6-14(11)18-16(21)13-10-15(20)24-17(13)7-3-2-4-8-17/h5-6,9,13H,2-4,7-8,10H2,1H3,(H,18,21)/t13-/m0/s1. The van der Waals surface area contributed by atoms with Gasteiger partial charge in [-0.15, -0.1) is 0 Å². The molecule has 1 aliphatic heterocycles. The molecule has 128 valence electrons. The average molecular weight is 332 g/mol. The third kappa shape index (κ3) is 2.98. The molecule has 7 nitrogen and oxygen atoms in total. The molecule has 0 aromatic heterocycles. The van der Waals surface area contributed by atoms with E-state index in [4.69, 9.17) is 4.74 Å². The van der Waals surface area contributed by atoms with E-state index in [2.05, 4.69) is 5.32 Å². The number of aryl methyl sites for hydroxylation is 1. The number of carbonyl (C=O) groups excluding carboxylic acids is 2. The highest BCUT2D eigenvalue weighted by atomic mass is 16.6. The monoisotopic (exact) mass is 332 g/mol. The van der Waals surface area contributed by atoms with Crippen LogP contribution in [0.25, 0.3) is 0 Å². The highest BCUT2D eigenvalue weighted by Gasteiger charge is 2.52. The van der Waals surface area contributed by atoms with E-state index in [1.54, 1.807) is 6.92 Å². The number of nitro groups is 1. The summed E-state index contributed by atoms with van der Waals surface area (Å²) in [5.41, 5.74) is 0.443. The number of anilines is 1. The molecule has 1 atom stereocenters. The maximum Gasteiger partial charge on any atom is 0.307 e. The molecule has 1 N–H and O–H groups in total. The van der Waals surface area contributed by atoms with Crippen molar-refractivity contribution < 1.29 is 19.2 Å². The van der Waals surface area contributed by atoms with Crippen molar-refractivity contribution in [2.75, 3.05) is 5.32 Å². The number of amides is 1.